The molecule has 0 saturated heterocycles. The normalized spacial score (nSPS) is 11.4. The van der Waals surface area contributed by atoms with Gasteiger partial charge in [-0.05, 0) is 57.5 Å². The molecule has 2 aromatic carbocycles. The van der Waals surface area contributed by atoms with Crippen molar-refractivity contribution < 1.29 is 9.52 Å². The van der Waals surface area contributed by atoms with Crippen molar-refractivity contribution in [2.24, 2.45) is 0 Å². The van der Waals surface area contributed by atoms with Gasteiger partial charge in [-0.25, -0.2) is 0 Å². The van der Waals surface area contributed by atoms with Crippen molar-refractivity contribution in [1.82, 2.24) is 4.90 Å². The molecule has 0 fully saturated rings. The standard InChI is InChI=1S/C22H24ClNO3.ClH/c1-13(2)24(14(3)4)11-18-20(25)10-9-17-21(26)19(12-27-22(17)18)15-5-7-16(23)8-6-15;/h5-10,12-14,25H,11H2,1-4H3;1H. The first kappa shape index (κ1) is 22.3. The lowest BCUT2D eigenvalue weighted by Crippen LogP contribution is -2.36. The number of halogens is 2. The summed E-state index contributed by atoms with van der Waals surface area (Å²) in [6.07, 6.45) is 1.46. The SMILES string of the molecule is CC(C)N(Cc1c(O)ccc2c(=O)c(-c3ccc(Cl)cc3)coc12)C(C)C.Cl. The molecule has 28 heavy (non-hydrogen) atoms. The summed E-state index contributed by atoms with van der Waals surface area (Å²) in [7, 11) is 0. The Balaban J connectivity index is 0.00000280. The van der Waals surface area contributed by atoms with E-state index in [0.29, 0.717) is 45.7 Å². The summed E-state index contributed by atoms with van der Waals surface area (Å²) in [4.78, 5) is 15.3. The summed E-state index contributed by atoms with van der Waals surface area (Å²) in [5.74, 6) is 0.135. The molecule has 4 nitrogen and oxygen atoms in total. The topological polar surface area (TPSA) is 53.7 Å². The van der Waals surface area contributed by atoms with E-state index in [4.69, 9.17) is 16.0 Å². The Morgan fingerprint density at radius 1 is 1.04 bits per heavy atom. The number of hydrogen-bond acceptors (Lipinski definition) is 4. The minimum Gasteiger partial charge on any atom is -0.507 e. The molecule has 3 aromatic rings. The minimum atomic E-state index is -0.125. The number of rotatable bonds is 5. The van der Waals surface area contributed by atoms with Crippen LogP contribution in [0, 0.1) is 0 Å². The van der Waals surface area contributed by atoms with E-state index in [1.807, 2.05) is 0 Å². The third kappa shape index (κ3) is 4.35. The van der Waals surface area contributed by atoms with E-state index in [2.05, 4.69) is 32.6 Å². The number of hydrogen-bond donors (Lipinski definition) is 1. The first-order valence-electron chi connectivity index (χ1n) is 9.07. The number of phenolic OH excluding ortho intramolecular Hbond substituents is 1. The third-order valence-electron chi connectivity index (χ3n) is 4.84. The maximum Gasteiger partial charge on any atom is 0.200 e. The zero-order chi connectivity index (χ0) is 19.7. The fourth-order valence-corrected chi connectivity index (χ4v) is 3.50. The van der Waals surface area contributed by atoms with Crippen LogP contribution in [0.2, 0.25) is 5.02 Å². The molecular weight excluding hydrogens is 397 g/mol. The second-order valence-corrected chi connectivity index (χ2v) is 7.72. The first-order valence-corrected chi connectivity index (χ1v) is 9.45. The van der Waals surface area contributed by atoms with Gasteiger partial charge in [0.2, 0.25) is 5.43 Å². The van der Waals surface area contributed by atoms with Crippen molar-refractivity contribution in [3.63, 3.8) is 0 Å². The predicted molar refractivity (Wildman–Crippen MR) is 118 cm³/mol. The summed E-state index contributed by atoms with van der Waals surface area (Å²) in [6, 6.07) is 10.8. The van der Waals surface area contributed by atoms with Crippen LogP contribution in [0.5, 0.6) is 5.75 Å². The summed E-state index contributed by atoms with van der Waals surface area (Å²) in [5, 5.41) is 11.5. The summed E-state index contributed by atoms with van der Waals surface area (Å²) >= 11 is 5.94. The zero-order valence-corrected chi connectivity index (χ0v) is 18.0. The molecule has 6 heteroatoms. The Morgan fingerprint density at radius 2 is 1.64 bits per heavy atom. The van der Waals surface area contributed by atoms with Gasteiger partial charge < -0.3 is 9.52 Å². The Kier molecular flexibility index (Phi) is 7.16. The van der Waals surface area contributed by atoms with Crippen LogP contribution in [-0.4, -0.2) is 22.1 Å². The number of aromatic hydroxyl groups is 1. The van der Waals surface area contributed by atoms with Gasteiger partial charge in [0.25, 0.3) is 0 Å². The molecule has 0 bridgehead atoms. The van der Waals surface area contributed by atoms with Crippen molar-refractivity contribution in [3.05, 3.63) is 63.5 Å². The Bertz CT molecular complexity index is 1000. The molecular formula is C22H25Cl2NO3. The van der Waals surface area contributed by atoms with Crippen LogP contribution in [0.1, 0.15) is 33.3 Å². The molecule has 0 aliphatic carbocycles. The van der Waals surface area contributed by atoms with Gasteiger partial charge in [-0.2, -0.15) is 0 Å². The molecule has 0 saturated carbocycles. The van der Waals surface area contributed by atoms with Gasteiger partial charge in [0.1, 0.15) is 17.6 Å². The second-order valence-electron chi connectivity index (χ2n) is 7.29. The van der Waals surface area contributed by atoms with E-state index in [-0.39, 0.29) is 23.6 Å². The fraction of sp³-hybridized carbons (Fsp3) is 0.318. The Hall–Kier alpha value is -2.01. The van der Waals surface area contributed by atoms with Crippen molar-refractivity contribution in [2.75, 3.05) is 0 Å². The minimum absolute atomic E-state index is 0. The van der Waals surface area contributed by atoms with Gasteiger partial charge in [-0.15, -0.1) is 12.4 Å². The highest BCUT2D eigenvalue weighted by Crippen LogP contribution is 2.30. The molecule has 3 rings (SSSR count). The molecule has 0 atom stereocenters. The summed E-state index contributed by atoms with van der Waals surface area (Å²) in [6.45, 7) is 8.93. The molecule has 0 unspecified atom stereocenters. The molecule has 1 aromatic heterocycles. The van der Waals surface area contributed by atoms with Crippen molar-refractivity contribution in [1.29, 1.82) is 0 Å². The van der Waals surface area contributed by atoms with Crippen molar-refractivity contribution in [2.45, 2.75) is 46.3 Å². The van der Waals surface area contributed by atoms with Gasteiger partial charge >= 0.3 is 0 Å². The lowest BCUT2D eigenvalue weighted by molar-refractivity contribution is 0.164. The van der Waals surface area contributed by atoms with Crippen LogP contribution < -0.4 is 5.43 Å². The lowest BCUT2D eigenvalue weighted by atomic mass is 10.0. The quantitative estimate of drug-likeness (QED) is 0.560. The molecule has 1 heterocycles. The van der Waals surface area contributed by atoms with Gasteiger partial charge in [0.05, 0.1) is 16.5 Å². The van der Waals surface area contributed by atoms with E-state index < -0.39 is 0 Å². The van der Waals surface area contributed by atoms with E-state index >= 15 is 0 Å². The second kappa shape index (κ2) is 8.99. The highest BCUT2D eigenvalue weighted by molar-refractivity contribution is 6.30. The fourth-order valence-electron chi connectivity index (χ4n) is 3.37. The van der Waals surface area contributed by atoms with Crippen LogP contribution in [0.4, 0.5) is 0 Å². The first-order chi connectivity index (χ1) is 12.8. The van der Waals surface area contributed by atoms with E-state index in [1.165, 1.54) is 6.26 Å². The largest absolute Gasteiger partial charge is 0.507 e. The number of fused-ring (bicyclic) bond motifs is 1. The van der Waals surface area contributed by atoms with E-state index in [9.17, 15) is 9.90 Å². The van der Waals surface area contributed by atoms with Crippen LogP contribution in [0.25, 0.3) is 22.1 Å². The maximum atomic E-state index is 13.0. The smallest absolute Gasteiger partial charge is 0.200 e. The molecule has 0 amide bonds. The zero-order valence-electron chi connectivity index (χ0n) is 16.4. The molecule has 0 spiro atoms. The lowest BCUT2D eigenvalue weighted by Gasteiger charge is -2.30. The number of benzene rings is 2. The Labute approximate surface area is 176 Å². The van der Waals surface area contributed by atoms with Crippen LogP contribution in [0.3, 0.4) is 0 Å². The molecule has 150 valence electrons. The summed E-state index contributed by atoms with van der Waals surface area (Å²) < 4.78 is 5.86. The monoisotopic (exact) mass is 421 g/mol. The van der Waals surface area contributed by atoms with Crippen molar-refractivity contribution >= 4 is 35.0 Å². The van der Waals surface area contributed by atoms with Crippen LogP contribution in [0.15, 0.2) is 51.9 Å². The number of nitrogens with zero attached hydrogens (tertiary/aromatic N) is 1. The summed E-state index contributed by atoms with van der Waals surface area (Å²) in [5.41, 5.74) is 2.16. The van der Waals surface area contributed by atoms with E-state index in [1.54, 1.807) is 36.4 Å². The highest BCUT2D eigenvalue weighted by Gasteiger charge is 2.20. The maximum absolute atomic E-state index is 13.0. The third-order valence-corrected chi connectivity index (χ3v) is 5.09. The van der Waals surface area contributed by atoms with Gasteiger partial charge in [0, 0.05) is 23.7 Å². The highest BCUT2D eigenvalue weighted by atomic mass is 35.5. The average molecular weight is 422 g/mol. The average Bonchev–Trinajstić information content (AvgIpc) is 2.61. The Morgan fingerprint density at radius 3 is 2.21 bits per heavy atom. The predicted octanol–water partition coefficient (Wildman–Crippen LogP) is 5.86. The van der Waals surface area contributed by atoms with Crippen molar-refractivity contribution in [3.8, 4) is 16.9 Å². The molecule has 0 aliphatic heterocycles. The van der Waals surface area contributed by atoms with Gasteiger partial charge in [-0.1, -0.05) is 23.7 Å². The number of phenols is 1. The van der Waals surface area contributed by atoms with E-state index in [0.717, 1.165) is 5.56 Å². The molecule has 0 aliphatic rings. The van der Waals surface area contributed by atoms with Crippen LogP contribution in [-0.2, 0) is 6.54 Å². The molecule has 1 N–H and O–H groups in total. The molecule has 0 radical (unpaired) electrons. The van der Waals surface area contributed by atoms with Gasteiger partial charge in [-0.3, -0.25) is 9.69 Å². The van der Waals surface area contributed by atoms with Gasteiger partial charge in [0.15, 0.2) is 0 Å². The van der Waals surface area contributed by atoms with Crippen LogP contribution >= 0.6 is 24.0 Å².